The molecule has 0 unspecified atom stereocenters. The Bertz CT molecular complexity index is 792. The number of anilines is 1. The van der Waals surface area contributed by atoms with Crippen molar-refractivity contribution in [2.24, 2.45) is 0 Å². The van der Waals surface area contributed by atoms with Crippen LogP contribution in [-0.4, -0.2) is 29.8 Å². The predicted octanol–water partition coefficient (Wildman–Crippen LogP) is 3.98. The Balaban J connectivity index is 1.70. The fraction of sp³-hybridized carbons (Fsp3) is 0.333. The molecular formula is C21H23FN2O2. The number of nitrogens with zero attached hydrogens (tertiary/aromatic N) is 1. The first kappa shape index (κ1) is 18.1. The number of benzene rings is 2. The van der Waals surface area contributed by atoms with Crippen LogP contribution in [0.15, 0.2) is 48.5 Å². The molecule has 5 heteroatoms. The number of nitrogens with one attached hydrogen (secondary N) is 1. The van der Waals surface area contributed by atoms with Crippen molar-refractivity contribution in [3.05, 3.63) is 65.5 Å². The third kappa shape index (κ3) is 3.47. The van der Waals surface area contributed by atoms with Gasteiger partial charge in [-0.15, -0.1) is 0 Å². The van der Waals surface area contributed by atoms with Gasteiger partial charge >= 0.3 is 0 Å². The molecule has 136 valence electrons. The normalized spacial score (nSPS) is 14.6. The Morgan fingerprint density at radius 2 is 1.58 bits per heavy atom. The Labute approximate surface area is 153 Å². The third-order valence-electron chi connectivity index (χ3n) is 5.02. The largest absolute Gasteiger partial charge is 0.339 e. The fourth-order valence-corrected chi connectivity index (χ4v) is 3.18. The first-order valence-corrected chi connectivity index (χ1v) is 8.97. The molecule has 0 aromatic heterocycles. The number of hydrogen-bond donors (Lipinski definition) is 1. The maximum Gasteiger partial charge on any atom is 0.253 e. The van der Waals surface area contributed by atoms with E-state index in [-0.39, 0.29) is 17.6 Å². The summed E-state index contributed by atoms with van der Waals surface area (Å²) in [6.45, 7) is 5.21. The van der Waals surface area contributed by atoms with E-state index in [0.29, 0.717) is 24.3 Å². The zero-order valence-corrected chi connectivity index (χ0v) is 15.1. The molecule has 2 aromatic rings. The van der Waals surface area contributed by atoms with E-state index in [1.54, 1.807) is 41.3 Å². The summed E-state index contributed by atoms with van der Waals surface area (Å²) in [6.07, 6.45) is 1.51. The molecule has 1 aliphatic rings. The second-order valence-electron chi connectivity index (χ2n) is 6.60. The van der Waals surface area contributed by atoms with Crippen LogP contribution < -0.4 is 5.32 Å². The third-order valence-corrected chi connectivity index (χ3v) is 5.02. The number of rotatable bonds is 6. The van der Waals surface area contributed by atoms with Crippen LogP contribution in [0.2, 0.25) is 0 Å². The van der Waals surface area contributed by atoms with E-state index in [9.17, 15) is 14.0 Å². The van der Waals surface area contributed by atoms with Crippen LogP contribution in [0.5, 0.6) is 0 Å². The van der Waals surface area contributed by atoms with Gasteiger partial charge in [0.05, 0.1) is 5.41 Å². The van der Waals surface area contributed by atoms with Gasteiger partial charge in [0.25, 0.3) is 5.91 Å². The van der Waals surface area contributed by atoms with E-state index >= 15 is 0 Å². The van der Waals surface area contributed by atoms with Gasteiger partial charge in [0.1, 0.15) is 5.82 Å². The molecule has 3 rings (SSSR count). The number of hydrogen-bond acceptors (Lipinski definition) is 2. The minimum absolute atomic E-state index is 0.0159. The lowest BCUT2D eigenvalue weighted by molar-refractivity contribution is -0.118. The number of carbonyl (C=O) groups is 2. The van der Waals surface area contributed by atoms with E-state index in [0.717, 1.165) is 18.4 Å². The van der Waals surface area contributed by atoms with Crippen LogP contribution in [0.3, 0.4) is 0 Å². The quantitative estimate of drug-likeness (QED) is 0.853. The van der Waals surface area contributed by atoms with Crippen molar-refractivity contribution in [1.29, 1.82) is 0 Å². The minimum atomic E-state index is -0.566. The monoisotopic (exact) mass is 354 g/mol. The maximum atomic E-state index is 13.1. The molecule has 0 radical (unpaired) electrons. The van der Waals surface area contributed by atoms with Gasteiger partial charge in [-0.3, -0.25) is 9.59 Å². The molecule has 1 N–H and O–H groups in total. The van der Waals surface area contributed by atoms with Gasteiger partial charge in [-0.25, -0.2) is 4.39 Å². The lowest BCUT2D eigenvalue weighted by Crippen LogP contribution is -2.30. The van der Waals surface area contributed by atoms with Crippen LogP contribution in [-0.2, 0) is 10.2 Å². The molecule has 0 saturated heterocycles. The number of amides is 2. The number of halogens is 1. The topological polar surface area (TPSA) is 49.4 Å². The molecule has 0 bridgehead atoms. The molecule has 4 nitrogen and oxygen atoms in total. The Morgan fingerprint density at radius 3 is 2.08 bits per heavy atom. The van der Waals surface area contributed by atoms with Crippen molar-refractivity contribution >= 4 is 17.5 Å². The molecule has 1 fully saturated rings. The second-order valence-corrected chi connectivity index (χ2v) is 6.60. The molecule has 2 aromatic carbocycles. The lowest BCUT2D eigenvalue weighted by Gasteiger charge is -2.19. The van der Waals surface area contributed by atoms with Crippen molar-refractivity contribution in [2.75, 3.05) is 18.4 Å². The zero-order chi connectivity index (χ0) is 18.7. The highest BCUT2D eigenvalue weighted by molar-refractivity contribution is 6.02. The van der Waals surface area contributed by atoms with Gasteiger partial charge < -0.3 is 10.2 Å². The van der Waals surface area contributed by atoms with Crippen molar-refractivity contribution in [3.63, 3.8) is 0 Å². The van der Waals surface area contributed by atoms with Gasteiger partial charge in [-0.2, -0.15) is 0 Å². The molecule has 0 spiro atoms. The highest BCUT2D eigenvalue weighted by Crippen LogP contribution is 2.49. The summed E-state index contributed by atoms with van der Waals surface area (Å²) < 4.78 is 13.1. The summed E-state index contributed by atoms with van der Waals surface area (Å²) in [4.78, 5) is 26.8. The highest BCUT2D eigenvalue weighted by atomic mass is 19.1. The molecule has 1 aliphatic carbocycles. The van der Waals surface area contributed by atoms with Crippen molar-refractivity contribution in [1.82, 2.24) is 4.90 Å². The van der Waals surface area contributed by atoms with Gasteiger partial charge in [-0.05, 0) is 68.7 Å². The van der Waals surface area contributed by atoms with Crippen LogP contribution in [0, 0.1) is 5.82 Å². The summed E-state index contributed by atoms with van der Waals surface area (Å²) >= 11 is 0. The van der Waals surface area contributed by atoms with E-state index in [1.165, 1.54) is 12.1 Å². The van der Waals surface area contributed by atoms with Gasteiger partial charge in [-0.1, -0.05) is 12.1 Å². The van der Waals surface area contributed by atoms with Crippen molar-refractivity contribution in [2.45, 2.75) is 32.1 Å². The van der Waals surface area contributed by atoms with Gasteiger partial charge in [0.2, 0.25) is 5.91 Å². The average molecular weight is 354 g/mol. The van der Waals surface area contributed by atoms with Crippen LogP contribution in [0.4, 0.5) is 10.1 Å². The Morgan fingerprint density at radius 1 is 1.00 bits per heavy atom. The predicted molar refractivity (Wildman–Crippen MR) is 99.6 cm³/mol. The Hall–Kier alpha value is -2.69. The molecule has 1 saturated carbocycles. The second kappa shape index (κ2) is 7.28. The molecule has 26 heavy (non-hydrogen) atoms. The van der Waals surface area contributed by atoms with Crippen molar-refractivity contribution in [3.8, 4) is 0 Å². The van der Waals surface area contributed by atoms with E-state index in [4.69, 9.17) is 0 Å². The fourth-order valence-electron chi connectivity index (χ4n) is 3.18. The van der Waals surface area contributed by atoms with Crippen LogP contribution >= 0.6 is 0 Å². The Kier molecular flexibility index (Phi) is 5.07. The van der Waals surface area contributed by atoms with E-state index < -0.39 is 5.41 Å². The SMILES string of the molecule is CCN(CC)C(=O)c1ccc(NC(=O)C2(c3ccc(F)cc3)CC2)cc1. The van der Waals surface area contributed by atoms with Gasteiger partial charge in [0, 0.05) is 24.3 Å². The van der Waals surface area contributed by atoms with Crippen LogP contribution in [0.1, 0.15) is 42.6 Å². The molecule has 0 atom stereocenters. The summed E-state index contributed by atoms with van der Waals surface area (Å²) in [5.74, 6) is -0.414. The molecular weight excluding hydrogens is 331 g/mol. The average Bonchev–Trinajstić information content (AvgIpc) is 3.46. The van der Waals surface area contributed by atoms with Gasteiger partial charge in [0.15, 0.2) is 0 Å². The first-order valence-electron chi connectivity index (χ1n) is 8.97. The smallest absolute Gasteiger partial charge is 0.253 e. The van der Waals surface area contributed by atoms with E-state index in [2.05, 4.69) is 5.32 Å². The van der Waals surface area contributed by atoms with Crippen LogP contribution in [0.25, 0.3) is 0 Å². The summed E-state index contributed by atoms with van der Waals surface area (Å²) in [6, 6.07) is 13.1. The van der Waals surface area contributed by atoms with Crippen molar-refractivity contribution < 1.29 is 14.0 Å². The number of carbonyl (C=O) groups excluding carboxylic acids is 2. The lowest BCUT2D eigenvalue weighted by atomic mass is 9.95. The summed E-state index contributed by atoms with van der Waals surface area (Å²) in [7, 11) is 0. The highest BCUT2D eigenvalue weighted by Gasteiger charge is 2.51. The molecule has 2 amide bonds. The van der Waals surface area contributed by atoms with E-state index in [1.807, 2.05) is 13.8 Å². The minimum Gasteiger partial charge on any atom is -0.339 e. The zero-order valence-electron chi connectivity index (χ0n) is 15.1. The first-order chi connectivity index (χ1) is 12.5. The molecule has 0 heterocycles. The molecule has 0 aliphatic heterocycles. The maximum absolute atomic E-state index is 13.1. The summed E-state index contributed by atoms with van der Waals surface area (Å²) in [5, 5.41) is 2.92. The standard InChI is InChI=1S/C21H23FN2O2/c1-3-24(4-2)19(25)15-5-11-18(12-6-15)23-20(26)21(13-14-21)16-7-9-17(22)10-8-16/h5-12H,3-4,13-14H2,1-2H3,(H,23,26). The summed E-state index contributed by atoms with van der Waals surface area (Å²) in [5.41, 5.74) is 1.53.